The van der Waals surface area contributed by atoms with E-state index < -0.39 is 0 Å². The largest absolute Gasteiger partial charge is 0.337 e. The van der Waals surface area contributed by atoms with E-state index in [2.05, 4.69) is 33.7 Å². The Morgan fingerprint density at radius 2 is 1.96 bits per heavy atom. The summed E-state index contributed by atoms with van der Waals surface area (Å²) in [6.45, 7) is 14.4. The van der Waals surface area contributed by atoms with Gasteiger partial charge in [-0.1, -0.05) is 13.8 Å². The molecule has 1 aliphatic heterocycles. The quantitative estimate of drug-likeness (QED) is 0.813. The second kappa shape index (κ2) is 7.47. The molecule has 2 aromatic rings. The maximum atomic E-state index is 13.6. The van der Waals surface area contributed by atoms with E-state index in [0.717, 1.165) is 49.1 Å². The smallest absolute Gasteiger partial charge is 0.259 e. The number of hydrogen-bond acceptors (Lipinski definition) is 4. The van der Waals surface area contributed by atoms with Crippen LogP contribution in [-0.2, 0) is 0 Å². The Kier molecular flexibility index (Phi) is 5.17. The summed E-state index contributed by atoms with van der Waals surface area (Å²) in [6, 6.07) is 2.43. The molecule has 0 N–H and O–H groups in total. The minimum absolute atomic E-state index is 0.0870. The molecule has 0 aromatic carbocycles. The third-order valence-electron chi connectivity index (χ3n) is 6.28. The average Bonchev–Trinajstić information content (AvgIpc) is 3.40. The molecule has 0 radical (unpaired) electrons. The standard InChI is InChI=1S/C22H33N5O/c1-14(2)19-13-26(10-6-9-25(19)12-18-7-8-18)22(28)20-17(5)24-27-16(4)11-15(3)23-21(20)27/h11,14,18-19H,6-10,12-13H2,1-5H3/t19-/m1/s1. The molecular formula is C22H33N5O. The molecule has 6 heteroatoms. The van der Waals surface area contributed by atoms with Crippen molar-refractivity contribution in [1.82, 2.24) is 24.4 Å². The van der Waals surface area contributed by atoms with Crippen LogP contribution in [0.15, 0.2) is 6.07 Å². The van der Waals surface area contributed by atoms with Crippen LogP contribution >= 0.6 is 0 Å². The van der Waals surface area contributed by atoms with E-state index in [9.17, 15) is 4.79 Å². The van der Waals surface area contributed by atoms with Crippen LogP contribution in [0.5, 0.6) is 0 Å². The number of carbonyl (C=O) groups excluding carboxylic acids is 1. The number of fused-ring (bicyclic) bond motifs is 1. The lowest BCUT2D eigenvalue weighted by Crippen LogP contribution is -2.46. The van der Waals surface area contributed by atoms with Crippen molar-refractivity contribution in [1.29, 1.82) is 0 Å². The third kappa shape index (κ3) is 3.66. The second-order valence-corrected chi connectivity index (χ2v) is 9.09. The summed E-state index contributed by atoms with van der Waals surface area (Å²) in [5, 5.41) is 4.61. The van der Waals surface area contributed by atoms with Gasteiger partial charge in [0.25, 0.3) is 5.91 Å². The molecule has 1 aliphatic carbocycles. The number of aryl methyl sites for hydroxylation is 3. The summed E-state index contributed by atoms with van der Waals surface area (Å²) in [7, 11) is 0. The van der Waals surface area contributed by atoms with Gasteiger partial charge in [-0.2, -0.15) is 5.10 Å². The molecule has 2 aliphatic rings. The lowest BCUT2D eigenvalue weighted by molar-refractivity contribution is 0.0705. The van der Waals surface area contributed by atoms with Gasteiger partial charge < -0.3 is 4.90 Å². The highest BCUT2D eigenvalue weighted by atomic mass is 16.2. The average molecular weight is 384 g/mol. The topological polar surface area (TPSA) is 53.7 Å². The van der Waals surface area contributed by atoms with Gasteiger partial charge in [-0.05, 0) is 57.9 Å². The van der Waals surface area contributed by atoms with E-state index in [-0.39, 0.29) is 5.91 Å². The lowest BCUT2D eigenvalue weighted by atomic mass is 10.0. The molecule has 2 aromatic heterocycles. The monoisotopic (exact) mass is 383 g/mol. The van der Waals surface area contributed by atoms with Crippen molar-refractivity contribution >= 4 is 11.6 Å². The fourth-order valence-electron chi connectivity index (χ4n) is 4.57. The Hall–Kier alpha value is -1.95. The maximum absolute atomic E-state index is 13.6. The van der Waals surface area contributed by atoms with Crippen LogP contribution in [0.25, 0.3) is 5.65 Å². The summed E-state index contributed by atoms with van der Waals surface area (Å²) in [5.41, 5.74) is 4.07. The van der Waals surface area contributed by atoms with Crippen LogP contribution in [0.2, 0.25) is 0 Å². The first kappa shape index (κ1) is 19.4. The van der Waals surface area contributed by atoms with Crippen LogP contribution in [0, 0.1) is 32.6 Å². The number of hydrogen-bond donors (Lipinski definition) is 0. The fourth-order valence-corrected chi connectivity index (χ4v) is 4.57. The summed E-state index contributed by atoms with van der Waals surface area (Å²) in [5.74, 6) is 1.49. The summed E-state index contributed by atoms with van der Waals surface area (Å²) in [6.07, 6.45) is 3.78. The Balaban J connectivity index is 1.64. The Labute approximate surface area is 167 Å². The number of amides is 1. The molecule has 3 heterocycles. The molecule has 2 fully saturated rings. The van der Waals surface area contributed by atoms with Crippen molar-refractivity contribution in [2.75, 3.05) is 26.2 Å². The maximum Gasteiger partial charge on any atom is 0.259 e. The van der Waals surface area contributed by atoms with E-state index in [1.807, 2.05) is 31.4 Å². The molecule has 0 unspecified atom stereocenters. The van der Waals surface area contributed by atoms with Crippen molar-refractivity contribution in [3.05, 3.63) is 28.7 Å². The van der Waals surface area contributed by atoms with E-state index in [1.165, 1.54) is 19.4 Å². The number of nitrogens with zero attached hydrogens (tertiary/aromatic N) is 5. The summed E-state index contributed by atoms with van der Waals surface area (Å²) >= 11 is 0. The van der Waals surface area contributed by atoms with Gasteiger partial charge in [-0.15, -0.1) is 0 Å². The van der Waals surface area contributed by atoms with Gasteiger partial charge in [0.1, 0.15) is 5.56 Å². The number of rotatable bonds is 4. The molecule has 0 spiro atoms. The van der Waals surface area contributed by atoms with E-state index >= 15 is 0 Å². The first-order chi connectivity index (χ1) is 13.3. The molecule has 152 valence electrons. The Bertz CT molecular complexity index is 883. The van der Waals surface area contributed by atoms with Crippen LogP contribution in [0.1, 0.15) is 60.5 Å². The van der Waals surface area contributed by atoms with Gasteiger partial charge in [0, 0.05) is 43.6 Å². The van der Waals surface area contributed by atoms with E-state index in [0.29, 0.717) is 23.2 Å². The van der Waals surface area contributed by atoms with Gasteiger partial charge in [0.05, 0.1) is 5.69 Å². The SMILES string of the molecule is Cc1cc(C)n2nc(C)c(C(=O)N3CCCN(CC4CC4)[C@@H](C(C)C)C3)c2n1. The molecule has 1 saturated carbocycles. The van der Waals surface area contributed by atoms with Gasteiger partial charge in [-0.3, -0.25) is 9.69 Å². The predicted octanol–water partition coefficient (Wildman–Crippen LogP) is 3.24. The Morgan fingerprint density at radius 3 is 2.64 bits per heavy atom. The van der Waals surface area contributed by atoms with Gasteiger partial charge >= 0.3 is 0 Å². The highest BCUT2D eigenvalue weighted by Crippen LogP contribution is 2.32. The molecule has 6 nitrogen and oxygen atoms in total. The summed E-state index contributed by atoms with van der Waals surface area (Å²) in [4.78, 5) is 23.0. The highest BCUT2D eigenvalue weighted by molar-refractivity contribution is 6.01. The lowest BCUT2D eigenvalue weighted by Gasteiger charge is -2.34. The van der Waals surface area contributed by atoms with E-state index in [4.69, 9.17) is 0 Å². The van der Waals surface area contributed by atoms with E-state index in [1.54, 1.807) is 0 Å². The first-order valence-electron chi connectivity index (χ1n) is 10.7. The summed E-state index contributed by atoms with van der Waals surface area (Å²) < 4.78 is 1.81. The molecular weight excluding hydrogens is 350 g/mol. The zero-order chi connectivity index (χ0) is 20.0. The zero-order valence-electron chi connectivity index (χ0n) is 17.9. The van der Waals surface area contributed by atoms with Gasteiger partial charge in [0.15, 0.2) is 5.65 Å². The van der Waals surface area contributed by atoms with Crippen molar-refractivity contribution < 1.29 is 4.79 Å². The molecule has 28 heavy (non-hydrogen) atoms. The van der Waals surface area contributed by atoms with Crippen molar-refractivity contribution in [3.8, 4) is 0 Å². The van der Waals surface area contributed by atoms with Crippen LogP contribution in [0.4, 0.5) is 0 Å². The first-order valence-corrected chi connectivity index (χ1v) is 10.7. The molecule has 1 saturated heterocycles. The minimum Gasteiger partial charge on any atom is -0.337 e. The minimum atomic E-state index is 0.0870. The van der Waals surface area contributed by atoms with Crippen molar-refractivity contribution in [3.63, 3.8) is 0 Å². The van der Waals surface area contributed by atoms with Crippen LogP contribution in [-0.4, -0.2) is 62.5 Å². The molecule has 1 amide bonds. The van der Waals surface area contributed by atoms with Crippen LogP contribution < -0.4 is 0 Å². The van der Waals surface area contributed by atoms with Crippen LogP contribution in [0.3, 0.4) is 0 Å². The molecule has 1 atom stereocenters. The molecule has 4 rings (SSSR count). The normalized spacial score (nSPS) is 21.5. The molecule has 0 bridgehead atoms. The Morgan fingerprint density at radius 1 is 1.21 bits per heavy atom. The zero-order valence-corrected chi connectivity index (χ0v) is 17.9. The number of carbonyl (C=O) groups is 1. The third-order valence-corrected chi connectivity index (χ3v) is 6.28. The number of aromatic nitrogens is 3. The van der Waals surface area contributed by atoms with Crippen molar-refractivity contribution in [2.24, 2.45) is 11.8 Å². The second-order valence-electron chi connectivity index (χ2n) is 9.09. The fraction of sp³-hybridized carbons (Fsp3) is 0.682. The predicted molar refractivity (Wildman–Crippen MR) is 111 cm³/mol. The van der Waals surface area contributed by atoms with Gasteiger partial charge in [0.2, 0.25) is 0 Å². The highest BCUT2D eigenvalue weighted by Gasteiger charge is 2.34. The van der Waals surface area contributed by atoms with Gasteiger partial charge in [-0.25, -0.2) is 9.50 Å². The van der Waals surface area contributed by atoms with Crippen molar-refractivity contribution in [2.45, 2.75) is 59.9 Å².